The lowest BCUT2D eigenvalue weighted by molar-refractivity contribution is -0.159. The third-order valence-corrected chi connectivity index (χ3v) is 5.02. The van der Waals surface area contributed by atoms with Crippen molar-refractivity contribution in [3.05, 3.63) is 35.2 Å². The first-order valence-corrected chi connectivity index (χ1v) is 9.36. The van der Waals surface area contributed by atoms with Crippen LogP contribution in [-0.4, -0.2) is 44.7 Å². The Balaban J connectivity index is 1.70. The Morgan fingerprint density at radius 3 is 2.81 bits per heavy atom. The molecule has 0 aliphatic carbocycles. The van der Waals surface area contributed by atoms with Gasteiger partial charge in [0.1, 0.15) is 11.9 Å². The molecular formula is C18H21N3O4S. The van der Waals surface area contributed by atoms with Gasteiger partial charge in [-0.3, -0.25) is 9.36 Å². The van der Waals surface area contributed by atoms with Gasteiger partial charge >= 0.3 is 11.9 Å². The minimum absolute atomic E-state index is 0.0428. The number of carbonyl (C=O) groups excluding carboxylic acids is 2. The van der Waals surface area contributed by atoms with Gasteiger partial charge in [0.2, 0.25) is 6.10 Å². The van der Waals surface area contributed by atoms with E-state index in [9.17, 15) is 9.59 Å². The molecule has 0 radical (unpaired) electrons. The van der Waals surface area contributed by atoms with Crippen LogP contribution in [0.4, 0.5) is 0 Å². The van der Waals surface area contributed by atoms with E-state index >= 15 is 0 Å². The highest BCUT2D eigenvalue weighted by molar-refractivity contribution is 7.99. The first kappa shape index (κ1) is 18.4. The van der Waals surface area contributed by atoms with Crippen LogP contribution in [0.5, 0.6) is 0 Å². The maximum atomic E-state index is 12.1. The van der Waals surface area contributed by atoms with Crippen molar-refractivity contribution in [2.75, 3.05) is 5.75 Å². The Kier molecular flexibility index (Phi) is 5.31. The lowest BCUT2D eigenvalue weighted by Crippen LogP contribution is -2.23. The summed E-state index contributed by atoms with van der Waals surface area (Å²) in [6.45, 7) is 7.68. The average molecular weight is 375 g/mol. The zero-order valence-electron chi connectivity index (χ0n) is 15.2. The second kappa shape index (κ2) is 7.49. The predicted octanol–water partition coefficient (Wildman–Crippen LogP) is 2.53. The van der Waals surface area contributed by atoms with Crippen molar-refractivity contribution < 1.29 is 19.1 Å². The van der Waals surface area contributed by atoms with Gasteiger partial charge in [0.05, 0.1) is 11.4 Å². The van der Waals surface area contributed by atoms with Crippen molar-refractivity contribution in [2.45, 2.75) is 51.5 Å². The second-order valence-corrected chi connectivity index (χ2v) is 7.35. The molecule has 3 rings (SSSR count). The fraction of sp³-hybridized carbons (Fsp3) is 0.444. The standard InChI is InChI=1S/C18H21N3O4S/c1-10-5-6-11(2)14(7-10)21-13(4)19-20-18(21)26-9-16(22)25-15-8-12(3)24-17(15)23/h5-7,12,15H,8-9H2,1-4H3/t12-,15+/m0/s1. The molecule has 0 unspecified atom stereocenters. The van der Waals surface area contributed by atoms with E-state index < -0.39 is 18.0 Å². The SMILES string of the molecule is Cc1ccc(C)c(-n2c(C)nnc2SCC(=O)O[C@@H]2C[C@H](C)OC2=O)c1. The van der Waals surface area contributed by atoms with Gasteiger partial charge in [-0.15, -0.1) is 10.2 Å². The van der Waals surface area contributed by atoms with E-state index in [1.807, 2.05) is 37.5 Å². The molecule has 1 aliphatic heterocycles. The molecule has 0 N–H and O–H groups in total. The van der Waals surface area contributed by atoms with Crippen LogP contribution >= 0.6 is 11.8 Å². The molecule has 1 fully saturated rings. The topological polar surface area (TPSA) is 83.3 Å². The number of ether oxygens (including phenoxy) is 2. The lowest BCUT2D eigenvalue weighted by atomic mass is 10.1. The molecule has 1 saturated heterocycles. The van der Waals surface area contributed by atoms with E-state index in [4.69, 9.17) is 9.47 Å². The molecule has 0 amide bonds. The van der Waals surface area contributed by atoms with Crippen LogP contribution in [-0.2, 0) is 19.1 Å². The van der Waals surface area contributed by atoms with Crippen LogP contribution in [0.2, 0.25) is 0 Å². The Bertz CT molecular complexity index is 849. The third kappa shape index (κ3) is 3.90. The summed E-state index contributed by atoms with van der Waals surface area (Å²) in [5.74, 6) is -0.173. The summed E-state index contributed by atoms with van der Waals surface area (Å²) in [6, 6.07) is 6.15. The summed E-state index contributed by atoms with van der Waals surface area (Å²) in [7, 11) is 0. The van der Waals surface area contributed by atoms with E-state index in [0.717, 1.165) is 22.6 Å². The van der Waals surface area contributed by atoms with Gasteiger partial charge < -0.3 is 9.47 Å². The Labute approximate surface area is 156 Å². The maximum absolute atomic E-state index is 12.1. The molecule has 7 nitrogen and oxygen atoms in total. The van der Waals surface area contributed by atoms with E-state index in [1.165, 1.54) is 11.8 Å². The van der Waals surface area contributed by atoms with E-state index in [-0.39, 0.29) is 11.9 Å². The largest absolute Gasteiger partial charge is 0.460 e. The smallest absolute Gasteiger partial charge is 0.347 e. The minimum atomic E-state index is -0.809. The molecule has 2 heterocycles. The van der Waals surface area contributed by atoms with Crippen molar-refractivity contribution in [3.8, 4) is 5.69 Å². The average Bonchev–Trinajstić information content (AvgIpc) is 3.09. The summed E-state index contributed by atoms with van der Waals surface area (Å²) in [5, 5.41) is 8.91. The van der Waals surface area contributed by atoms with Crippen molar-refractivity contribution >= 4 is 23.7 Å². The summed E-state index contributed by atoms with van der Waals surface area (Å²) in [4.78, 5) is 23.7. The molecule has 1 aromatic carbocycles. The van der Waals surface area contributed by atoms with Gasteiger partial charge in [-0.05, 0) is 44.9 Å². The highest BCUT2D eigenvalue weighted by atomic mass is 32.2. The van der Waals surface area contributed by atoms with Crippen LogP contribution in [0.25, 0.3) is 5.69 Å². The maximum Gasteiger partial charge on any atom is 0.347 e. The second-order valence-electron chi connectivity index (χ2n) is 6.41. The molecule has 2 atom stereocenters. The molecule has 1 aromatic heterocycles. The van der Waals surface area contributed by atoms with Crippen LogP contribution in [0.1, 0.15) is 30.3 Å². The molecule has 0 saturated carbocycles. The number of aromatic nitrogens is 3. The van der Waals surface area contributed by atoms with Crippen molar-refractivity contribution in [3.63, 3.8) is 0 Å². The quantitative estimate of drug-likeness (QED) is 0.586. The fourth-order valence-corrected chi connectivity index (χ4v) is 3.58. The third-order valence-electron chi connectivity index (χ3n) is 4.12. The van der Waals surface area contributed by atoms with Gasteiger partial charge in [-0.2, -0.15) is 0 Å². The summed E-state index contributed by atoms with van der Waals surface area (Å²) in [6.07, 6.45) is -0.632. The van der Waals surface area contributed by atoms with Gasteiger partial charge in [0.15, 0.2) is 5.16 Å². The number of thioether (sulfide) groups is 1. The number of aryl methyl sites for hydroxylation is 3. The molecule has 8 heteroatoms. The summed E-state index contributed by atoms with van der Waals surface area (Å²) < 4.78 is 12.1. The number of esters is 2. The number of cyclic esters (lactones) is 1. The molecule has 1 aliphatic rings. The van der Waals surface area contributed by atoms with Gasteiger partial charge in [-0.1, -0.05) is 23.9 Å². The zero-order valence-corrected chi connectivity index (χ0v) is 16.0. The van der Waals surface area contributed by atoms with Crippen LogP contribution in [0, 0.1) is 20.8 Å². The van der Waals surface area contributed by atoms with E-state index in [0.29, 0.717) is 11.6 Å². The van der Waals surface area contributed by atoms with Gasteiger partial charge in [0, 0.05) is 6.42 Å². The van der Waals surface area contributed by atoms with Crippen LogP contribution in [0.15, 0.2) is 23.4 Å². The fourth-order valence-electron chi connectivity index (χ4n) is 2.81. The van der Waals surface area contributed by atoms with Crippen LogP contribution < -0.4 is 0 Å². The van der Waals surface area contributed by atoms with Crippen molar-refractivity contribution in [1.82, 2.24) is 14.8 Å². The molecule has 0 spiro atoms. The number of rotatable bonds is 5. The van der Waals surface area contributed by atoms with E-state index in [2.05, 4.69) is 16.3 Å². The Morgan fingerprint density at radius 1 is 1.35 bits per heavy atom. The first-order chi connectivity index (χ1) is 12.3. The number of hydrogen-bond donors (Lipinski definition) is 0. The lowest BCUT2D eigenvalue weighted by Gasteiger charge is -2.12. The zero-order chi connectivity index (χ0) is 18.8. The summed E-state index contributed by atoms with van der Waals surface area (Å²) in [5.41, 5.74) is 3.20. The molecule has 0 bridgehead atoms. The number of carbonyl (C=O) groups is 2. The van der Waals surface area contributed by atoms with Crippen molar-refractivity contribution in [1.29, 1.82) is 0 Å². The molecular weight excluding hydrogens is 354 g/mol. The predicted molar refractivity (Wildman–Crippen MR) is 96.3 cm³/mol. The number of hydrogen-bond acceptors (Lipinski definition) is 7. The molecule has 2 aromatic rings. The highest BCUT2D eigenvalue weighted by Crippen LogP contribution is 2.25. The highest BCUT2D eigenvalue weighted by Gasteiger charge is 2.35. The number of benzene rings is 1. The minimum Gasteiger partial charge on any atom is -0.460 e. The van der Waals surface area contributed by atoms with Gasteiger partial charge in [0.25, 0.3) is 0 Å². The Hall–Kier alpha value is -2.35. The molecule has 138 valence electrons. The number of nitrogens with zero attached hydrogens (tertiary/aromatic N) is 3. The van der Waals surface area contributed by atoms with E-state index in [1.54, 1.807) is 6.92 Å². The molecule has 26 heavy (non-hydrogen) atoms. The Morgan fingerprint density at radius 2 is 2.12 bits per heavy atom. The summed E-state index contributed by atoms with van der Waals surface area (Å²) >= 11 is 1.23. The monoisotopic (exact) mass is 375 g/mol. The first-order valence-electron chi connectivity index (χ1n) is 8.37. The van der Waals surface area contributed by atoms with Crippen molar-refractivity contribution in [2.24, 2.45) is 0 Å². The van der Waals surface area contributed by atoms with Crippen LogP contribution in [0.3, 0.4) is 0 Å². The van der Waals surface area contributed by atoms with Gasteiger partial charge in [-0.25, -0.2) is 4.79 Å². The normalized spacial score (nSPS) is 19.5.